The molecule has 0 radical (unpaired) electrons. The number of aliphatic hydroxyl groups is 5. The Morgan fingerprint density at radius 3 is 2.11 bits per heavy atom. The van der Waals surface area contributed by atoms with Gasteiger partial charge in [-0.15, -0.1) is 0 Å². The fourth-order valence-corrected chi connectivity index (χ4v) is 2.95. The van der Waals surface area contributed by atoms with E-state index in [1.54, 1.807) is 0 Å². The van der Waals surface area contributed by atoms with E-state index in [9.17, 15) is 15.3 Å². The average Bonchev–Trinajstić information content (AvgIpc) is 2.59. The molecular formula is C21H42O6. The summed E-state index contributed by atoms with van der Waals surface area (Å²) in [5, 5.41) is 45.9. The molecule has 6 heteroatoms. The molecule has 0 fully saturated rings. The fraction of sp³-hybridized carbons (Fsp3) is 0.905. The van der Waals surface area contributed by atoms with Gasteiger partial charge < -0.3 is 30.3 Å². The largest absolute Gasteiger partial charge is 0.388 e. The first-order valence-corrected chi connectivity index (χ1v) is 10.3. The van der Waals surface area contributed by atoms with E-state index < -0.39 is 24.6 Å². The number of hydrogen-bond acceptors (Lipinski definition) is 6. The third-order valence-electron chi connectivity index (χ3n) is 4.84. The second-order valence-electron chi connectivity index (χ2n) is 8.20. The summed E-state index contributed by atoms with van der Waals surface area (Å²) in [4.78, 5) is 0. The van der Waals surface area contributed by atoms with Crippen LogP contribution < -0.4 is 0 Å². The van der Waals surface area contributed by atoms with Crippen LogP contribution >= 0.6 is 0 Å². The molecule has 1 unspecified atom stereocenters. The maximum Gasteiger partial charge on any atom is 0.180 e. The molecule has 0 rings (SSSR count). The van der Waals surface area contributed by atoms with Crippen LogP contribution in [-0.4, -0.2) is 63.3 Å². The molecule has 6 nitrogen and oxygen atoms in total. The van der Waals surface area contributed by atoms with Crippen molar-refractivity contribution >= 4 is 0 Å². The molecule has 162 valence electrons. The van der Waals surface area contributed by atoms with Crippen LogP contribution in [0.2, 0.25) is 0 Å². The highest BCUT2D eigenvalue weighted by atomic mass is 16.5. The highest BCUT2D eigenvalue weighted by Crippen LogP contribution is 2.19. The molecular weight excluding hydrogens is 348 g/mol. The molecule has 0 aromatic rings. The Balaban J connectivity index is 3.79. The first-order chi connectivity index (χ1) is 12.6. The van der Waals surface area contributed by atoms with E-state index in [-0.39, 0.29) is 6.61 Å². The molecule has 0 aliphatic carbocycles. The van der Waals surface area contributed by atoms with Crippen LogP contribution in [0.5, 0.6) is 0 Å². The number of rotatable bonds is 16. The zero-order valence-corrected chi connectivity index (χ0v) is 17.5. The molecule has 0 spiro atoms. The minimum atomic E-state index is -2.10. The van der Waals surface area contributed by atoms with Crippen molar-refractivity contribution < 1.29 is 30.3 Å². The molecule has 0 aromatic heterocycles. The summed E-state index contributed by atoms with van der Waals surface area (Å²) in [6.07, 6.45) is 3.35. The SMILES string of the molecule is C/C(=C\CCOC[C@H](O)[C@H](O)[C@@H](O)C(O)O)CCCC(C)CCCC(C)C. The molecule has 0 aromatic carbocycles. The monoisotopic (exact) mass is 390 g/mol. The molecule has 27 heavy (non-hydrogen) atoms. The lowest BCUT2D eigenvalue weighted by Crippen LogP contribution is -2.46. The van der Waals surface area contributed by atoms with Gasteiger partial charge in [0.25, 0.3) is 0 Å². The molecule has 0 aliphatic rings. The van der Waals surface area contributed by atoms with Crippen LogP contribution in [0, 0.1) is 11.8 Å². The van der Waals surface area contributed by atoms with Crippen molar-refractivity contribution in [3.63, 3.8) is 0 Å². The first kappa shape index (κ1) is 26.5. The van der Waals surface area contributed by atoms with Crippen LogP contribution in [0.3, 0.4) is 0 Å². The zero-order chi connectivity index (χ0) is 20.8. The van der Waals surface area contributed by atoms with E-state index in [0.29, 0.717) is 13.0 Å². The topological polar surface area (TPSA) is 110 Å². The highest BCUT2D eigenvalue weighted by Gasteiger charge is 2.29. The van der Waals surface area contributed by atoms with Crippen molar-refractivity contribution in [2.45, 2.75) is 97.2 Å². The number of ether oxygens (including phenoxy) is 1. The van der Waals surface area contributed by atoms with Gasteiger partial charge in [-0.1, -0.05) is 58.1 Å². The van der Waals surface area contributed by atoms with E-state index in [2.05, 4.69) is 33.8 Å². The van der Waals surface area contributed by atoms with Gasteiger partial charge in [-0.05, 0) is 38.0 Å². The minimum Gasteiger partial charge on any atom is -0.388 e. The number of hydrogen-bond donors (Lipinski definition) is 5. The Bertz CT molecular complexity index is 383. The Morgan fingerprint density at radius 1 is 0.889 bits per heavy atom. The molecule has 5 N–H and O–H groups in total. The molecule has 0 saturated carbocycles. The quantitative estimate of drug-likeness (QED) is 0.157. The van der Waals surface area contributed by atoms with Crippen molar-refractivity contribution in [2.24, 2.45) is 11.8 Å². The molecule has 0 heterocycles. The normalized spacial score (nSPS) is 17.4. The summed E-state index contributed by atoms with van der Waals surface area (Å²) in [7, 11) is 0. The van der Waals surface area contributed by atoms with E-state index >= 15 is 0 Å². The van der Waals surface area contributed by atoms with Gasteiger partial charge in [0, 0.05) is 0 Å². The molecule has 0 bridgehead atoms. The van der Waals surface area contributed by atoms with Gasteiger partial charge in [0.05, 0.1) is 13.2 Å². The lowest BCUT2D eigenvalue weighted by molar-refractivity contribution is -0.182. The van der Waals surface area contributed by atoms with Gasteiger partial charge in [-0.25, -0.2) is 0 Å². The van der Waals surface area contributed by atoms with E-state index in [1.807, 2.05) is 0 Å². The maximum absolute atomic E-state index is 9.63. The summed E-state index contributed by atoms with van der Waals surface area (Å²) in [5.41, 5.74) is 1.33. The van der Waals surface area contributed by atoms with Crippen molar-refractivity contribution in [3.8, 4) is 0 Å². The van der Waals surface area contributed by atoms with Crippen LogP contribution in [0.1, 0.15) is 72.6 Å². The standard InChI is InChI=1S/C21H42O6/c1-15(2)8-5-9-16(3)10-6-11-17(4)12-7-13-27-14-18(22)19(23)20(24)21(25)26/h12,15-16,18-26H,5-11,13-14H2,1-4H3/b17-12+/t16?,18-,19-,20+/m0/s1. The van der Waals surface area contributed by atoms with Crippen LogP contribution in [0.15, 0.2) is 11.6 Å². The Labute approximate surface area is 164 Å². The average molecular weight is 391 g/mol. The molecule has 0 saturated heterocycles. The number of allylic oxidation sites excluding steroid dienone is 1. The van der Waals surface area contributed by atoms with Gasteiger partial charge in [0.15, 0.2) is 6.29 Å². The van der Waals surface area contributed by atoms with Crippen LogP contribution in [0.4, 0.5) is 0 Å². The predicted molar refractivity (Wildman–Crippen MR) is 107 cm³/mol. The second-order valence-corrected chi connectivity index (χ2v) is 8.20. The molecule has 0 amide bonds. The van der Waals surface area contributed by atoms with Gasteiger partial charge in [-0.2, -0.15) is 0 Å². The van der Waals surface area contributed by atoms with Crippen molar-refractivity contribution in [3.05, 3.63) is 11.6 Å². The Morgan fingerprint density at radius 2 is 1.52 bits per heavy atom. The molecule has 0 aliphatic heterocycles. The third-order valence-corrected chi connectivity index (χ3v) is 4.84. The summed E-state index contributed by atoms with van der Waals surface area (Å²) < 4.78 is 5.27. The lowest BCUT2D eigenvalue weighted by atomic mass is 9.94. The smallest absolute Gasteiger partial charge is 0.180 e. The maximum atomic E-state index is 9.63. The Kier molecular flexibility index (Phi) is 15.1. The van der Waals surface area contributed by atoms with E-state index in [0.717, 1.165) is 18.3 Å². The van der Waals surface area contributed by atoms with Gasteiger partial charge in [0.1, 0.15) is 18.3 Å². The minimum absolute atomic E-state index is 0.175. The van der Waals surface area contributed by atoms with E-state index in [4.69, 9.17) is 14.9 Å². The molecule has 4 atom stereocenters. The summed E-state index contributed by atoms with van der Waals surface area (Å²) in [6, 6.07) is 0. The van der Waals surface area contributed by atoms with Gasteiger partial charge in [0.2, 0.25) is 0 Å². The summed E-state index contributed by atoms with van der Waals surface area (Å²) in [5.74, 6) is 1.57. The first-order valence-electron chi connectivity index (χ1n) is 10.3. The third kappa shape index (κ3) is 14.2. The van der Waals surface area contributed by atoms with Crippen LogP contribution in [-0.2, 0) is 4.74 Å². The van der Waals surface area contributed by atoms with Crippen molar-refractivity contribution in [1.82, 2.24) is 0 Å². The zero-order valence-electron chi connectivity index (χ0n) is 17.5. The van der Waals surface area contributed by atoms with Gasteiger partial charge >= 0.3 is 0 Å². The highest BCUT2D eigenvalue weighted by molar-refractivity contribution is 4.97. The fourth-order valence-electron chi connectivity index (χ4n) is 2.95. The predicted octanol–water partition coefficient (Wildman–Crippen LogP) is 2.37. The Hall–Kier alpha value is -0.500. The van der Waals surface area contributed by atoms with Crippen molar-refractivity contribution in [2.75, 3.05) is 13.2 Å². The van der Waals surface area contributed by atoms with Crippen LogP contribution in [0.25, 0.3) is 0 Å². The second kappa shape index (κ2) is 15.4. The van der Waals surface area contributed by atoms with Gasteiger partial charge in [-0.3, -0.25) is 0 Å². The van der Waals surface area contributed by atoms with E-state index in [1.165, 1.54) is 37.7 Å². The van der Waals surface area contributed by atoms with Crippen molar-refractivity contribution in [1.29, 1.82) is 0 Å². The summed E-state index contributed by atoms with van der Waals surface area (Å²) in [6.45, 7) is 9.21. The number of aliphatic hydroxyl groups excluding tert-OH is 4. The lowest BCUT2D eigenvalue weighted by Gasteiger charge is -2.23. The summed E-state index contributed by atoms with van der Waals surface area (Å²) >= 11 is 0.